The van der Waals surface area contributed by atoms with Crippen molar-refractivity contribution in [3.63, 3.8) is 0 Å². The summed E-state index contributed by atoms with van der Waals surface area (Å²) in [6.45, 7) is 3.74. The van der Waals surface area contributed by atoms with Gasteiger partial charge in [0, 0.05) is 26.4 Å². The fourth-order valence-electron chi connectivity index (χ4n) is 2.88. The van der Waals surface area contributed by atoms with Crippen LogP contribution in [0.5, 0.6) is 5.75 Å². The number of rotatable bonds is 8. The number of nitrogens with zero attached hydrogens (tertiary/aromatic N) is 2. The maximum Gasteiger partial charge on any atom is 0.490 e. The first kappa shape index (κ1) is 32.7. The highest BCUT2D eigenvalue weighted by atomic mass is 19.4. The second-order valence-electron chi connectivity index (χ2n) is 7.49. The lowest BCUT2D eigenvalue weighted by atomic mass is 10.1. The molecular formula is C22H27F6N3O7. The quantitative estimate of drug-likeness (QED) is 0.417. The monoisotopic (exact) mass is 559 g/mol. The van der Waals surface area contributed by atoms with Gasteiger partial charge in [-0.1, -0.05) is 12.1 Å². The van der Waals surface area contributed by atoms with Crippen LogP contribution in [0.1, 0.15) is 22.9 Å². The van der Waals surface area contributed by atoms with Gasteiger partial charge in [0.2, 0.25) is 0 Å². The SMILES string of the molecule is COCCn1cc2c(n1)C(CNCc1ccc(OC)cc1)OCC2.O=C(O)C(F)(F)F.O=C(O)C(F)(F)F. The van der Waals surface area contributed by atoms with Crippen molar-refractivity contribution < 1.29 is 60.4 Å². The number of nitrogens with one attached hydrogen (secondary N) is 1. The maximum absolute atomic E-state index is 10.6. The number of fused-ring (bicyclic) bond motifs is 1. The van der Waals surface area contributed by atoms with Crippen molar-refractivity contribution in [2.24, 2.45) is 0 Å². The van der Waals surface area contributed by atoms with E-state index in [4.69, 9.17) is 34.0 Å². The molecule has 0 aliphatic carbocycles. The first-order valence-electron chi connectivity index (χ1n) is 10.8. The molecule has 0 bridgehead atoms. The number of aromatic nitrogens is 2. The van der Waals surface area contributed by atoms with E-state index >= 15 is 0 Å². The van der Waals surface area contributed by atoms with Gasteiger partial charge in [-0.15, -0.1) is 0 Å². The van der Waals surface area contributed by atoms with Gasteiger partial charge in [0.15, 0.2) is 0 Å². The molecule has 38 heavy (non-hydrogen) atoms. The van der Waals surface area contributed by atoms with E-state index in [9.17, 15) is 26.3 Å². The Morgan fingerprint density at radius 1 is 1.08 bits per heavy atom. The number of carbonyl (C=O) groups is 2. The smallest absolute Gasteiger partial charge is 0.490 e. The number of hydrogen-bond acceptors (Lipinski definition) is 7. The molecule has 10 nitrogen and oxygen atoms in total. The zero-order valence-corrected chi connectivity index (χ0v) is 20.3. The molecule has 1 aromatic carbocycles. The van der Waals surface area contributed by atoms with Gasteiger partial charge in [0.05, 0.1) is 32.6 Å². The van der Waals surface area contributed by atoms with Gasteiger partial charge in [-0.25, -0.2) is 9.59 Å². The number of alkyl halides is 6. The molecule has 3 N–H and O–H groups in total. The number of methoxy groups -OCH3 is 2. The Bertz CT molecular complexity index is 986. The molecule has 1 unspecified atom stereocenters. The first-order chi connectivity index (χ1) is 17.7. The molecule has 2 heterocycles. The molecule has 1 aliphatic heterocycles. The summed E-state index contributed by atoms with van der Waals surface area (Å²) in [7, 11) is 3.38. The van der Waals surface area contributed by atoms with E-state index in [1.54, 1.807) is 14.2 Å². The predicted molar refractivity (Wildman–Crippen MR) is 119 cm³/mol. The zero-order valence-electron chi connectivity index (χ0n) is 20.3. The standard InChI is InChI=1S/C18H25N3O3.2C2HF3O2/c1-22-10-8-21-13-15-7-9-24-17(18(15)20-21)12-19-11-14-3-5-16(23-2)6-4-14;2*3-2(4,5)1(6)7/h3-6,13,17,19H,7-12H2,1-2H3;2*(H,6,7). The largest absolute Gasteiger partial charge is 0.497 e. The van der Waals surface area contributed by atoms with Crippen LogP contribution in [0.25, 0.3) is 0 Å². The van der Waals surface area contributed by atoms with Gasteiger partial charge >= 0.3 is 24.3 Å². The number of halogens is 6. The van der Waals surface area contributed by atoms with Crippen LogP contribution in [0.15, 0.2) is 30.5 Å². The first-order valence-corrected chi connectivity index (χ1v) is 10.8. The van der Waals surface area contributed by atoms with Gasteiger partial charge < -0.3 is 29.7 Å². The highest BCUT2D eigenvalue weighted by molar-refractivity contribution is 5.73. The van der Waals surface area contributed by atoms with Crippen LogP contribution >= 0.6 is 0 Å². The lowest BCUT2D eigenvalue weighted by molar-refractivity contribution is -0.193. The van der Waals surface area contributed by atoms with E-state index in [1.807, 2.05) is 16.8 Å². The summed E-state index contributed by atoms with van der Waals surface area (Å²) in [5.41, 5.74) is 3.56. The molecule has 2 aromatic rings. The average molecular weight is 559 g/mol. The second-order valence-corrected chi connectivity index (χ2v) is 7.49. The summed E-state index contributed by atoms with van der Waals surface area (Å²) in [5, 5.41) is 22.4. The van der Waals surface area contributed by atoms with Crippen LogP contribution in [0, 0.1) is 0 Å². The van der Waals surface area contributed by atoms with Gasteiger partial charge in [0.1, 0.15) is 11.9 Å². The fourth-order valence-corrected chi connectivity index (χ4v) is 2.88. The highest BCUT2D eigenvalue weighted by Crippen LogP contribution is 2.25. The van der Waals surface area contributed by atoms with Crippen LogP contribution in [0.2, 0.25) is 0 Å². The summed E-state index contributed by atoms with van der Waals surface area (Å²) in [5.74, 6) is -4.64. The Balaban J connectivity index is 0.000000426. The van der Waals surface area contributed by atoms with E-state index < -0.39 is 24.3 Å². The van der Waals surface area contributed by atoms with Crippen molar-refractivity contribution in [3.8, 4) is 5.75 Å². The Hall–Kier alpha value is -3.37. The normalized spacial score (nSPS) is 14.8. The third-order valence-corrected chi connectivity index (χ3v) is 4.69. The highest BCUT2D eigenvalue weighted by Gasteiger charge is 2.38. The van der Waals surface area contributed by atoms with Crippen LogP contribution in [-0.2, 0) is 38.6 Å². The molecule has 1 atom stereocenters. The van der Waals surface area contributed by atoms with Crippen molar-refractivity contribution >= 4 is 11.9 Å². The van der Waals surface area contributed by atoms with Crippen molar-refractivity contribution in [1.82, 2.24) is 15.1 Å². The molecule has 0 fully saturated rings. The number of hydrogen-bond donors (Lipinski definition) is 3. The Labute approximate surface area is 213 Å². The molecule has 0 spiro atoms. The molecule has 0 saturated heterocycles. The maximum atomic E-state index is 10.6. The predicted octanol–water partition coefficient (Wildman–Crippen LogP) is 3.21. The minimum atomic E-state index is -5.08. The minimum Gasteiger partial charge on any atom is -0.497 e. The average Bonchev–Trinajstić information content (AvgIpc) is 3.27. The molecule has 0 amide bonds. The lowest BCUT2D eigenvalue weighted by Gasteiger charge is -2.22. The summed E-state index contributed by atoms with van der Waals surface area (Å²) in [4.78, 5) is 17.8. The van der Waals surface area contributed by atoms with E-state index in [-0.39, 0.29) is 6.10 Å². The van der Waals surface area contributed by atoms with E-state index in [0.29, 0.717) is 6.61 Å². The van der Waals surface area contributed by atoms with Crippen molar-refractivity contribution in [1.29, 1.82) is 0 Å². The number of benzene rings is 1. The van der Waals surface area contributed by atoms with Gasteiger partial charge in [0.25, 0.3) is 0 Å². The summed E-state index contributed by atoms with van der Waals surface area (Å²) < 4.78 is 81.6. The minimum absolute atomic E-state index is 0.00999. The molecule has 3 rings (SSSR count). The van der Waals surface area contributed by atoms with E-state index in [1.165, 1.54) is 11.1 Å². The number of aliphatic carboxylic acids is 2. The molecule has 1 aliphatic rings. The van der Waals surface area contributed by atoms with Crippen molar-refractivity contribution in [3.05, 3.63) is 47.3 Å². The summed E-state index contributed by atoms with van der Waals surface area (Å²) in [6.07, 6.45) is -7.11. The van der Waals surface area contributed by atoms with E-state index in [2.05, 4.69) is 28.7 Å². The Morgan fingerprint density at radius 2 is 1.63 bits per heavy atom. The number of carboxylic acid groups (broad SMARTS) is 2. The third kappa shape index (κ3) is 11.8. The summed E-state index contributed by atoms with van der Waals surface area (Å²) >= 11 is 0. The van der Waals surface area contributed by atoms with Crippen LogP contribution in [-0.4, -0.2) is 78.3 Å². The molecule has 214 valence electrons. The van der Waals surface area contributed by atoms with Crippen molar-refractivity contribution in [2.45, 2.75) is 38.0 Å². The topological polar surface area (TPSA) is 132 Å². The molecular weight excluding hydrogens is 532 g/mol. The van der Waals surface area contributed by atoms with Gasteiger partial charge in [-0.3, -0.25) is 4.68 Å². The lowest BCUT2D eigenvalue weighted by Crippen LogP contribution is -2.27. The second kappa shape index (κ2) is 15.1. The van der Waals surface area contributed by atoms with Crippen LogP contribution in [0.3, 0.4) is 0 Å². The Kier molecular flexibility index (Phi) is 13.0. The van der Waals surface area contributed by atoms with Gasteiger partial charge in [-0.2, -0.15) is 31.4 Å². The third-order valence-electron chi connectivity index (χ3n) is 4.69. The number of ether oxygens (including phenoxy) is 3. The summed E-state index contributed by atoms with van der Waals surface area (Å²) in [6, 6.07) is 8.09. The molecule has 0 radical (unpaired) electrons. The van der Waals surface area contributed by atoms with E-state index in [0.717, 1.165) is 44.1 Å². The van der Waals surface area contributed by atoms with Gasteiger partial charge in [-0.05, 0) is 29.7 Å². The Morgan fingerprint density at radius 3 is 2.11 bits per heavy atom. The van der Waals surface area contributed by atoms with Crippen LogP contribution in [0.4, 0.5) is 26.3 Å². The number of carboxylic acids is 2. The molecule has 0 saturated carbocycles. The fraction of sp³-hybridized carbons (Fsp3) is 0.500. The van der Waals surface area contributed by atoms with Crippen LogP contribution < -0.4 is 10.1 Å². The van der Waals surface area contributed by atoms with Crippen molar-refractivity contribution in [2.75, 3.05) is 34.0 Å². The zero-order chi connectivity index (χ0) is 28.9. The molecule has 1 aromatic heterocycles. The molecule has 16 heteroatoms.